The highest BCUT2D eigenvalue weighted by Crippen LogP contribution is 2.27. The molecule has 0 radical (unpaired) electrons. The Morgan fingerprint density at radius 3 is 2.66 bits per heavy atom. The zero-order valence-corrected chi connectivity index (χ0v) is 17.6. The second kappa shape index (κ2) is 11.2. The summed E-state index contributed by atoms with van der Waals surface area (Å²) in [7, 11) is 0. The molecule has 2 aliphatic heterocycles. The third kappa shape index (κ3) is 6.32. The van der Waals surface area contributed by atoms with Gasteiger partial charge in [-0.15, -0.1) is 0 Å². The van der Waals surface area contributed by atoms with Crippen molar-refractivity contribution in [2.24, 2.45) is 4.99 Å². The van der Waals surface area contributed by atoms with Crippen LogP contribution in [0.3, 0.4) is 0 Å². The Morgan fingerprint density at radius 1 is 1.28 bits per heavy atom. The minimum absolute atomic E-state index is 0.177. The first kappa shape index (κ1) is 22.4. The average Bonchev–Trinajstić information content (AvgIpc) is 2.92. The molecule has 0 aromatic heterocycles. The van der Waals surface area contributed by atoms with E-state index in [1.165, 1.54) is 0 Å². The normalized spacial score (nSPS) is 16.6. The number of aliphatic carboxylic acids is 1. The van der Waals surface area contributed by atoms with Gasteiger partial charge in [-0.05, 0) is 25.1 Å². The highest BCUT2D eigenvalue weighted by molar-refractivity contribution is 6.02. The molecule has 2 aliphatic rings. The minimum atomic E-state index is -0.754. The number of allylic oxidation sites excluding steroid dienone is 3. The summed E-state index contributed by atoms with van der Waals surface area (Å²) in [5.41, 5.74) is 2.86. The molecule has 1 aromatic rings. The van der Waals surface area contributed by atoms with Gasteiger partial charge in [-0.3, -0.25) is 9.69 Å². The molecular weight excluding hydrogens is 366 g/mol. The number of piperazine rings is 1. The lowest BCUT2D eigenvalue weighted by molar-refractivity contribution is -0.137. The molecule has 1 N–H and O–H groups in total. The Kier molecular flexibility index (Phi) is 8.68. The van der Waals surface area contributed by atoms with E-state index in [2.05, 4.69) is 29.4 Å². The Bertz CT molecular complexity index is 804. The fourth-order valence-corrected chi connectivity index (χ4v) is 3.18. The van der Waals surface area contributed by atoms with Crippen molar-refractivity contribution >= 4 is 11.8 Å². The molecule has 0 aliphatic carbocycles. The van der Waals surface area contributed by atoms with E-state index in [1.807, 2.05) is 38.1 Å². The third-order valence-electron chi connectivity index (χ3n) is 4.63. The Balaban J connectivity index is 0.00000145. The standard InChI is InChI=1S/C21H25N3O3.C2H6/c1-3-4-5-17-15-27-19-7-6-16(2)14-18(19)21(22-17)24-12-10-23(11-13-24)9-8-20(25)26;1-2/h3-7,14-15H,1,8-13H2,2H3,(H,25,26);1-2H3/b5-4-;. The summed E-state index contributed by atoms with van der Waals surface area (Å²) in [4.78, 5) is 20.1. The molecule has 0 saturated carbocycles. The predicted molar refractivity (Wildman–Crippen MR) is 117 cm³/mol. The summed E-state index contributed by atoms with van der Waals surface area (Å²) in [6.45, 7) is 13.6. The van der Waals surface area contributed by atoms with E-state index < -0.39 is 5.97 Å². The SMILES string of the molecule is C=C/C=C\C1=COc2ccc(C)cc2C(N2CCN(CCC(=O)O)CC2)=N1.CC. The Labute approximate surface area is 173 Å². The van der Waals surface area contributed by atoms with Crippen molar-refractivity contribution in [3.05, 3.63) is 66.1 Å². The monoisotopic (exact) mass is 397 g/mol. The van der Waals surface area contributed by atoms with E-state index in [1.54, 1.807) is 12.3 Å². The van der Waals surface area contributed by atoms with Crippen molar-refractivity contribution in [2.45, 2.75) is 27.2 Å². The Morgan fingerprint density at radius 2 is 2.00 bits per heavy atom. The van der Waals surface area contributed by atoms with Gasteiger partial charge in [0.15, 0.2) is 0 Å². The zero-order valence-electron chi connectivity index (χ0n) is 17.6. The number of carboxylic acid groups (broad SMARTS) is 1. The number of amidine groups is 1. The first-order chi connectivity index (χ1) is 14.1. The van der Waals surface area contributed by atoms with Crippen LogP contribution in [0.5, 0.6) is 5.75 Å². The molecule has 1 saturated heterocycles. The lowest BCUT2D eigenvalue weighted by atomic mass is 10.1. The number of hydrogen-bond acceptors (Lipinski definition) is 5. The second-order valence-electron chi connectivity index (χ2n) is 6.66. The molecule has 0 unspecified atom stereocenters. The lowest BCUT2D eigenvalue weighted by Gasteiger charge is -2.36. The summed E-state index contributed by atoms with van der Waals surface area (Å²) in [5.74, 6) is 0.926. The highest BCUT2D eigenvalue weighted by Gasteiger charge is 2.24. The number of hydrogen-bond donors (Lipinski definition) is 1. The summed E-state index contributed by atoms with van der Waals surface area (Å²) in [6, 6.07) is 6.09. The number of aliphatic imine (C=N–C) groups is 1. The molecular formula is C23H31N3O3. The molecule has 3 rings (SSSR count). The van der Waals surface area contributed by atoms with Crippen LogP contribution in [-0.2, 0) is 4.79 Å². The van der Waals surface area contributed by atoms with Crippen LogP contribution in [0.4, 0.5) is 0 Å². The number of fused-ring (bicyclic) bond motifs is 1. The number of rotatable bonds is 5. The van der Waals surface area contributed by atoms with E-state index in [0.29, 0.717) is 6.54 Å². The largest absolute Gasteiger partial charge is 0.481 e. The molecule has 0 amide bonds. The van der Waals surface area contributed by atoms with E-state index in [-0.39, 0.29) is 6.42 Å². The van der Waals surface area contributed by atoms with Crippen LogP contribution >= 0.6 is 0 Å². The first-order valence-electron chi connectivity index (χ1n) is 10.1. The molecule has 6 nitrogen and oxygen atoms in total. The summed E-state index contributed by atoms with van der Waals surface area (Å²) < 4.78 is 5.86. The Hall–Kier alpha value is -2.86. The van der Waals surface area contributed by atoms with Gasteiger partial charge in [0.05, 0.1) is 12.0 Å². The maximum Gasteiger partial charge on any atom is 0.304 e. The van der Waals surface area contributed by atoms with Crippen molar-refractivity contribution < 1.29 is 14.6 Å². The van der Waals surface area contributed by atoms with Gasteiger partial charge in [-0.1, -0.05) is 44.2 Å². The molecule has 2 heterocycles. The summed E-state index contributed by atoms with van der Waals surface area (Å²) in [6.07, 6.45) is 7.25. The number of benzene rings is 1. The van der Waals surface area contributed by atoms with Crippen LogP contribution in [0.15, 0.2) is 60.0 Å². The van der Waals surface area contributed by atoms with Gasteiger partial charge in [0.1, 0.15) is 23.5 Å². The van der Waals surface area contributed by atoms with Crippen LogP contribution in [0.1, 0.15) is 31.4 Å². The van der Waals surface area contributed by atoms with Gasteiger partial charge in [-0.2, -0.15) is 0 Å². The molecule has 6 heteroatoms. The van der Waals surface area contributed by atoms with Crippen LogP contribution in [0, 0.1) is 6.92 Å². The number of aryl methyl sites for hydroxylation is 1. The van der Waals surface area contributed by atoms with Gasteiger partial charge in [0.25, 0.3) is 0 Å². The van der Waals surface area contributed by atoms with Crippen LogP contribution in [0.25, 0.3) is 0 Å². The minimum Gasteiger partial charge on any atom is -0.481 e. The van der Waals surface area contributed by atoms with Gasteiger partial charge < -0.3 is 14.7 Å². The molecule has 0 atom stereocenters. The lowest BCUT2D eigenvalue weighted by Crippen LogP contribution is -2.49. The predicted octanol–water partition coefficient (Wildman–Crippen LogP) is 3.84. The van der Waals surface area contributed by atoms with E-state index in [0.717, 1.165) is 54.6 Å². The maximum absolute atomic E-state index is 10.8. The van der Waals surface area contributed by atoms with Crippen molar-refractivity contribution in [1.29, 1.82) is 0 Å². The summed E-state index contributed by atoms with van der Waals surface area (Å²) in [5, 5.41) is 8.88. The molecule has 1 fully saturated rings. The third-order valence-corrected chi connectivity index (χ3v) is 4.63. The van der Waals surface area contributed by atoms with Crippen molar-refractivity contribution in [3.63, 3.8) is 0 Å². The first-order valence-corrected chi connectivity index (χ1v) is 10.1. The van der Waals surface area contributed by atoms with Gasteiger partial charge >= 0.3 is 5.97 Å². The number of nitrogens with zero attached hydrogens (tertiary/aromatic N) is 3. The van der Waals surface area contributed by atoms with Crippen molar-refractivity contribution in [3.8, 4) is 5.75 Å². The van der Waals surface area contributed by atoms with E-state index >= 15 is 0 Å². The fourth-order valence-electron chi connectivity index (χ4n) is 3.18. The van der Waals surface area contributed by atoms with Crippen LogP contribution in [0.2, 0.25) is 0 Å². The summed E-state index contributed by atoms with van der Waals surface area (Å²) >= 11 is 0. The maximum atomic E-state index is 10.8. The van der Waals surface area contributed by atoms with E-state index in [4.69, 9.17) is 14.8 Å². The van der Waals surface area contributed by atoms with Gasteiger partial charge in [0, 0.05) is 32.7 Å². The van der Waals surface area contributed by atoms with E-state index in [9.17, 15) is 4.79 Å². The fraction of sp³-hybridized carbons (Fsp3) is 0.391. The smallest absolute Gasteiger partial charge is 0.304 e. The van der Waals surface area contributed by atoms with Gasteiger partial charge in [0.2, 0.25) is 0 Å². The molecule has 1 aromatic carbocycles. The zero-order chi connectivity index (χ0) is 21.2. The van der Waals surface area contributed by atoms with Crippen LogP contribution in [-0.4, -0.2) is 59.4 Å². The second-order valence-corrected chi connectivity index (χ2v) is 6.66. The molecule has 0 spiro atoms. The topological polar surface area (TPSA) is 65.4 Å². The average molecular weight is 398 g/mol. The number of ether oxygens (including phenoxy) is 1. The number of carbonyl (C=O) groups is 1. The molecule has 156 valence electrons. The molecule has 29 heavy (non-hydrogen) atoms. The number of carboxylic acids is 1. The van der Waals surface area contributed by atoms with Gasteiger partial charge in [-0.25, -0.2) is 4.99 Å². The molecule has 0 bridgehead atoms. The quantitative estimate of drug-likeness (QED) is 0.765. The highest BCUT2D eigenvalue weighted by atomic mass is 16.5. The van der Waals surface area contributed by atoms with Crippen molar-refractivity contribution in [1.82, 2.24) is 9.80 Å². The van der Waals surface area contributed by atoms with Crippen molar-refractivity contribution in [2.75, 3.05) is 32.7 Å². The van der Waals surface area contributed by atoms with Crippen LogP contribution < -0.4 is 4.74 Å².